The van der Waals surface area contributed by atoms with Crippen molar-refractivity contribution in [3.05, 3.63) is 71.3 Å². The molecule has 0 saturated heterocycles. The lowest BCUT2D eigenvalue weighted by molar-refractivity contribution is -0.137. The molecule has 4 heteroatoms. The molecule has 0 spiro atoms. The molecular formula is C16H15F3O. The summed E-state index contributed by atoms with van der Waals surface area (Å²) in [4.78, 5) is 0. The van der Waals surface area contributed by atoms with Crippen LogP contribution in [0.3, 0.4) is 0 Å². The number of alkyl halides is 3. The topological polar surface area (TPSA) is 9.23 Å². The van der Waals surface area contributed by atoms with E-state index in [1.54, 1.807) is 0 Å². The van der Waals surface area contributed by atoms with Gasteiger partial charge in [0.15, 0.2) is 0 Å². The maximum Gasteiger partial charge on any atom is 0.416 e. The third kappa shape index (κ3) is 4.38. The second-order valence-corrected chi connectivity index (χ2v) is 4.48. The van der Waals surface area contributed by atoms with Crippen molar-refractivity contribution in [1.29, 1.82) is 0 Å². The molecule has 2 rings (SSSR count). The van der Waals surface area contributed by atoms with Crippen LogP contribution in [0, 0.1) is 0 Å². The first-order chi connectivity index (χ1) is 9.55. The van der Waals surface area contributed by atoms with Crippen LogP contribution >= 0.6 is 0 Å². The zero-order valence-corrected chi connectivity index (χ0v) is 10.9. The molecule has 0 aliphatic carbocycles. The first-order valence-corrected chi connectivity index (χ1v) is 6.33. The summed E-state index contributed by atoms with van der Waals surface area (Å²) in [5, 5.41) is 0. The van der Waals surface area contributed by atoms with Crippen LogP contribution in [0.15, 0.2) is 54.6 Å². The molecule has 20 heavy (non-hydrogen) atoms. The van der Waals surface area contributed by atoms with Gasteiger partial charge in [-0.15, -0.1) is 0 Å². The first kappa shape index (κ1) is 14.6. The molecule has 106 valence electrons. The molecule has 0 aromatic heterocycles. The fourth-order valence-electron chi connectivity index (χ4n) is 1.81. The van der Waals surface area contributed by atoms with Gasteiger partial charge in [-0.25, -0.2) is 0 Å². The molecule has 0 fully saturated rings. The predicted octanol–water partition coefficient (Wildman–Crippen LogP) is 4.46. The molecule has 0 heterocycles. The lowest BCUT2D eigenvalue weighted by Crippen LogP contribution is -2.05. The van der Waals surface area contributed by atoms with Crippen LogP contribution in [-0.2, 0) is 23.9 Å². The van der Waals surface area contributed by atoms with E-state index in [9.17, 15) is 13.2 Å². The van der Waals surface area contributed by atoms with Gasteiger partial charge in [-0.05, 0) is 29.7 Å². The van der Waals surface area contributed by atoms with Crippen LogP contribution in [0.1, 0.15) is 16.7 Å². The van der Waals surface area contributed by atoms with E-state index < -0.39 is 11.7 Å². The van der Waals surface area contributed by atoms with E-state index in [4.69, 9.17) is 4.74 Å². The molecule has 0 aliphatic rings. The molecule has 0 radical (unpaired) electrons. The van der Waals surface area contributed by atoms with E-state index in [-0.39, 0.29) is 0 Å². The van der Waals surface area contributed by atoms with Crippen LogP contribution in [0.5, 0.6) is 0 Å². The molecule has 0 amide bonds. The minimum Gasteiger partial charge on any atom is -0.376 e. The number of ether oxygens (including phenoxy) is 1. The number of rotatable bonds is 5. The quantitative estimate of drug-likeness (QED) is 0.734. The molecular weight excluding hydrogens is 265 g/mol. The molecule has 2 aromatic carbocycles. The molecule has 0 unspecified atom stereocenters. The summed E-state index contributed by atoms with van der Waals surface area (Å²) in [6.45, 7) is 1.00. The Kier molecular flexibility index (Phi) is 4.79. The molecule has 0 bridgehead atoms. The van der Waals surface area contributed by atoms with Gasteiger partial charge in [0.25, 0.3) is 0 Å². The van der Waals surface area contributed by atoms with Gasteiger partial charge >= 0.3 is 6.18 Å². The third-order valence-electron chi connectivity index (χ3n) is 2.93. The van der Waals surface area contributed by atoms with Gasteiger partial charge in [-0.1, -0.05) is 42.5 Å². The number of hydrogen-bond donors (Lipinski definition) is 0. The SMILES string of the molecule is FC(F)(F)c1ccc(CCOCc2ccccc2)cc1. The average molecular weight is 280 g/mol. The zero-order valence-electron chi connectivity index (χ0n) is 10.9. The zero-order chi connectivity index (χ0) is 14.4. The van der Waals surface area contributed by atoms with Crippen LogP contribution in [0.25, 0.3) is 0 Å². The second-order valence-electron chi connectivity index (χ2n) is 4.48. The number of halogens is 3. The van der Waals surface area contributed by atoms with E-state index >= 15 is 0 Å². The molecule has 0 saturated carbocycles. The highest BCUT2D eigenvalue weighted by Gasteiger charge is 2.29. The van der Waals surface area contributed by atoms with E-state index in [1.807, 2.05) is 30.3 Å². The largest absolute Gasteiger partial charge is 0.416 e. The van der Waals surface area contributed by atoms with Crippen molar-refractivity contribution in [2.45, 2.75) is 19.2 Å². The van der Waals surface area contributed by atoms with Crippen molar-refractivity contribution >= 4 is 0 Å². The summed E-state index contributed by atoms with van der Waals surface area (Å²) >= 11 is 0. The lowest BCUT2D eigenvalue weighted by Gasteiger charge is -2.08. The Morgan fingerprint density at radius 1 is 0.800 bits per heavy atom. The predicted molar refractivity (Wildman–Crippen MR) is 71.2 cm³/mol. The molecule has 0 atom stereocenters. The summed E-state index contributed by atoms with van der Waals surface area (Å²) < 4.78 is 42.7. The van der Waals surface area contributed by atoms with E-state index in [1.165, 1.54) is 12.1 Å². The van der Waals surface area contributed by atoms with Gasteiger partial charge in [0, 0.05) is 0 Å². The Balaban J connectivity index is 1.77. The van der Waals surface area contributed by atoms with Crippen LogP contribution < -0.4 is 0 Å². The highest BCUT2D eigenvalue weighted by Crippen LogP contribution is 2.29. The fourth-order valence-corrected chi connectivity index (χ4v) is 1.81. The van der Waals surface area contributed by atoms with Gasteiger partial charge in [0.2, 0.25) is 0 Å². The Labute approximate surface area is 116 Å². The normalized spacial score (nSPS) is 11.6. The van der Waals surface area contributed by atoms with E-state index in [0.29, 0.717) is 19.6 Å². The monoisotopic (exact) mass is 280 g/mol. The summed E-state index contributed by atoms with van der Waals surface area (Å²) in [7, 11) is 0. The Bertz CT molecular complexity index is 518. The van der Waals surface area contributed by atoms with Crippen molar-refractivity contribution in [3.8, 4) is 0 Å². The van der Waals surface area contributed by atoms with Crippen molar-refractivity contribution in [2.75, 3.05) is 6.61 Å². The van der Waals surface area contributed by atoms with Gasteiger partial charge < -0.3 is 4.74 Å². The van der Waals surface area contributed by atoms with Crippen molar-refractivity contribution < 1.29 is 17.9 Å². The van der Waals surface area contributed by atoms with Gasteiger partial charge in [0.1, 0.15) is 0 Å². The second kappa shape index (κ2) is 6.57. The van der Waals surface area contributed by atoms with E-state index in [2.05, 4.69) is 0 Å². The van der Waals surface area contributed by atoms with Crippen molar-refractivity contribution in [3.63, 3.8) is 0 Å². The number of benzene rings is 2. The minimum atomic E-state index is -4.28. The maximum atomic E-state index is 12.4. The van der Waals surface area contributed by atoms with E-state index in [0.717, 1.165) is 23.3 Å². The average Bonchev–Trinajstić information content (AvgIpc) is 2.44. The summed E-state index contributed by atoms with van der Waals surface area (Å²) in [5.74, 6) is 0. The highest BCUT2D eigenvalue weighted by atomic mass is 19.4. The summed E-state index contributed by atoms with van der Waals surface area (Å²) in [6.07, 6.45) is -3.67. The molecule has 1 nitrogen and oxygen atoms in total. The van der Waals surface area contributed by atoms with Crippen molar-refractivity contribution in [1.82, 2.24) is 0 Å². The number of hydrogen-bond acceptors (Lipinski definition) is 1. The Morgan fingerprint density at radius 3 is 2.05 bits per heavy atom. The molecule has 0 N–H and O–H groups in total. The summed E-state index contributed by atoms with van der Waals surface area (Å²) in [6, 6.07) is 15.0. The first-order valence-electron chi connectivity index (χ1n) is 6.33. The van der Waals surface area contributed by atoms with Crippen LogP contribution in [0.2, 0.25) is 0 Å². The van der Waals surface area contributed by atoms with Crippen LogP contribution in [-0.4, -0.2) is 6.61 Å². The van der Waals surface area contributed by atoms with Gasteiger partial charge in [0.05, 0.1) is 18.8 Å². The van der Waals surface area contributed by atoms with Crippen molar-refractivity contribution in [2.24, 2.45) is 0 Å². The maximum absolute atomic E-state index is 12.4. The Morgan fingerprint density at radius 2 is 1.45 bits per heavy atom. The van der Waals surface area contributed by atoms with Gasteiger partial charge in [-0.2, -0.15) is 13.2 Å². The standard InChI is InChI=1S/C16H15F3O/c17-16(18,19)15-8-6-13(7-9-15)10-11-20-12-14-4-2-1-3-5-14/h1-9H,10-12H2. The minimum absolute atomic E-state index is 0.486. The smallest absolute Gasteiger partial charge is 0.376 e. The fraction of sp³-hybridized carbons (Fsp3) is 0.250. The molecule has 2 aromatic rings. The summed E-state index contributed by atoms with van der Waals surface area (Å²) in [5.41, 5.74) is 1.30. The Hall–Kier alpha value is -1.81. The molecule has 0 aliphatic heterocycles. The van der Waals surface area contributed by atoms with Gasteiger partial charge in [-0.3, -0.25) is 0 Å². The highest BCUT2D eigenvalue weighted by molar-refractivity contribution is 5.24. The van der Waals surface area contributed by atoms with Crippen LogP contribution in [0.4, 0.5) is 13.2 Å². The third-order valence-corrected chi connectivity index (χ3v) is 2.93. The lowest BCUT2D eigenvalue weighted by atomic mass is 10.1.